The van der Waals surface area contributed by atoms with E-state index in [0.29, 0.717) is 27.8 Å². The molecule has 0 amide bonds. The van der Waals surface area contributed by atoms with Crippen molar-refractivity contribution in [3.8, 4) is 17.1 Å². The molecule has 154 valence electrons. The molecule has 2 heterocycles. The van der Waals surface area contributed by atoms with E-state index in [1.165, 1.54) is 15.9 Å². The van der Waals surface area contributed by atoms with Crippen LogP contribution in [0.2, 0.25) is 0 Å². The maximum Gasteiger partial charge on any atom is 0.291 e. The second kappa shape index (κ2) is 7.96. The van der Waals surface area contributed by atoms with Crippen molar-refractivity contribution >= 4 is 33.1 Å². The monoisotopic (exact) mass is 427 g/mol. The van der Waals surface area contributed by atoms with Crippen molar-refractivity contribution in [2.24, 2.45) is 5.92 Å². The first-order chi connectivity index (χ1) is 15.1. The maximum absolute atomic E-state index is 12.9. The second-order valence-electron chi connectivity index (χ2n) is 7.84. The second-order valence-corrected chi connectivity index (χ2v) is 8.85. The van der Waals surface area contributed by atoms with Gasteiger partial charge in [0.05, 0.1) is 11.1 Å². The highest BCUT2D eigenvalue weighted by atomic mass is 32.1. The molecular weight excluding hydrogens is 406 g/mol. The number of rotatable bonds is 5. The molecule has 0 atom stereocenters. The van der Waals surface area contributed by atoms with Crippen LogP contribution in [0, 0.1) is 5.92 Å². The van der Waals surface area contributed by atoms with Crippen LogP contribution >= 0.6 is 11.3 Å². The molecule has 31 heavy (non-hydrogen) atoms. The zero-order valence-electron chi connectivity index (χ0n) is 17.3. The highest BCUT2D eigenvalue weighted by molar-refractivity contribution is 7.15. The third-order valence-corrected chi connectivity index (χ3v) is 5.95. The molecule has 5 nitrogen and oxygen atoms in total. The van der Waals surface area contributed by atoms with Gasteiger partial charge in [-0.3, -0.25) is 4.79 Å². The van der Waals surface area contributed by atoms with Crippen molar-refractivity contribution < 1.29 is 4.74 Å². The molecule has 0 saturated heterocycles. The Morgan fingerprint density at radius 2 is 1.81 bits per heavy atom. The highest BCUT2D eigenvalue weighted by Gasteiger charge is 2.12. The predicted molar refractivity (Wildman–Crippen MR) is 126 cm³/mol. The zero-order chi connectivity index (χ0) is 21.4. The van der Waals surface area contributed by atoms with Gasteiger partial charge in [-0.2, -0.15) is 9.50 Å². The summed E-state index contributed by atoms with van der Waals surface area (Å²) in [5, 5.41) is 6.71. The Hall–Kier alpha value is -3.51. The molecule has 0 fully saturated rings. The molecule has 5 aromatic rings. The van der Waals surface area contributed by atoms with E-state index in [9.17, 15) is 4.79 Å². The van der Waals surface area contributed by atoms with Crippen LogP contribution in [0.1, 0.15) is 19.4 Å². The Kier molecular flexibility index (Phi) is 5.00. The molecule has 3 aromatic carbocycles. The van der Waals surface area contributed by atoms with Gasteiger partial charge in [-0.1, -0.05) is 67.6 Å². The van der Waals surface area contributed by atoms with Crippen LogP contribution in [0.3, 0.4) is 0 Å². The number of nitrogens with zero attached hydrogens (tertiary/aromatic N) is 3. The lowest BCUT2D eigenvalue weighted by Crippen LogP contribution is -2.23. The van der Waals surface area contributed by atoms with Gasteiger partial charge in [0.2, 0.25) is 4.96 Å². The summed E-state index contributed by atoms with van der Waals surface area (Å²) in [5.74, 6) is 1.82. The number of hydrogen-bond donors (Lipinski definition) is 0. The molecule has 0 radical (unpaired) electrons. The predicted octanol–water partition coefficient (Wildman–Crippen LogP) is 4.55. The number of ether oxygens (including phenoxy) is 1. The number of hydrogen-bond acceptors (Lipinski definition) is 5. The third kappa shape index (κ3) is 3.82. The van der Waals surface area contributed by atoms with Crippen molar-refractivity contribution in [3.63, 3.8) is 0 Å². The first-order valence-electron chi connectivity index (χ1n) is 10.2. The molecule has 6 heteroatoms. The summed E-state index contributed by atoms with van der Waals surface area (Å²) in [6, 6.07) is 21.9. The fraction of sp³-hybridized carbons (Fsp3) is 0.160. The molecule has 0 bridgehead atoms. The molecule has 5 rings (SSSR count). The van der Waals surface area contributed by atoms with Crippen molar-refractivity contribution in [2.45, 2.75) is 13.8 Å². The number of benzene rings is 3. The molecule has 0 aliphatic rings. The van der Waals surface area contributed by atoms with E-state index in [-0.39, 0.29) is 5.56 Å². The van der Waals surface area contributed by atoms with E-state index < -0.39 is 0 Å². The van der Waals surface area contributed by atoms with Crippen LogP contribution in [0.5, 0.6) is 5.75 Å². The Bertz CT molecular complexity index is 1480. The Labute approximate surface area is 183 Å². The SMILES string of the molecule is CC(C)COc1ccc(-c2nc3s/c(=C/c4cccc5ccccc45)c(=O)n3n2)cc1. The van der Waals surface area contributed by atoms with Crippen LogP contribution in [0.25, 0.3) is 33.2 Å². The van der Waals surface area contributed by atoms with Crippen molar-refractivity contribution in [1.82, 2.24) is 14.6 Å². The van der Waals surface area contributed by atoms with E-state index in [4.69, 9.17) is 4.74 Å². The maximum atomic E-state index is 12.9. The van der Waals surface area contributed by atoms with E-state index in [1.54, 1.807) is 0 Å². The lowest BCUT2D eigenvalue weighted by molar-refractivity contribution is 0.271. The summed E-state index contributed by atoms with van der Waals surface area (Å²) in [5.41, 5.74) is 1.72. The van der Waals surface area contributed by atoms with Crippen LogP contribution in [-0.4, -0.2) is 21.2 Å². The summed E-state index contributed by atoms with van der Waals surface area (Å²) < 4.78 is 7.74. The van der Waals surface area contributed by atoms with Crippen LogP contribution in [0.15, 0.2) is 71.5 Å². The lowest BCUT2D eigenvalue weighted by atomic mass is 10.0. The van der Waals surface area contributed by atoms with Crippen LogP contribution in [-0.2, 0) is 0 Å². The average molecular weight is 428 g/mol. The standard InChI is InChI=1S/C25H21N3O2S/c1-16(2)15-30-20-12-10-18(11-13-20)23-26-25-28(27-23)24(29)22(31-25)14-19-8-5-7-17-6-3-4-9-21(17)19/h3-14,16H,15H2,1-2H3/b22-14+. The number of thiazole rings is 1. The van der Waals surface area contributed by atoms with Crippen molar-refractivity contribution in [2.75, 3.05) is 6.61 Å². The van der Waals surface area contributed by atoms with E-state index >= 15 is 0 Å². The lowest BCUT2D eigenvalue weighted by Gasteiger charge is -2.08. The summed E-state index contributed by atoms with van der Waals surface area (Å²) >= 11 is 1.35. The first kappa shape index (κ1) is 19.5. The first-order valence-corrected chi connectivity index (χ1v) is 11.0. The minimum Gasteiger partial charge on any atom is -0.493 e. The smallest absolute Gasteiger partial charge is 0.291 e. The van der Waals surface area contributed by atoms with Gasteiger partial charge in [0.1, 0.15) is 5.75 Å². The minimum atomic E-state index is -0.149. The van der Waals surface area contributed by atoms with Gasteiger partial charge in [0.15, 0.2) is 5.82 Å². The molecule has 0 spiro atoms. The van der Waals surface area contributed by atoms with Gasteiger partial charge in [0, 0.05) is 5.56 Å². The number of fused-ring (bicyclic) bond motifs is 2. The minimum absolute atomic E-state index is 0.149. The Morgan fingerprint density at radius 1 is 1.03 bits per heavy atom. The fourth-order valence-electron chi connectivity index (χ4n) is 3.44. The van der Waals surface area contributed by atoms with Crippen molar-refractivity contribution in [1.29, 1.82) is 0 Å². The summed E-state index contributed by atoms with van der Waals surface area (Å²) in [6.45, 7) is 4.90. The third-order valence-electron chi connectivity index (χ3n) is 4.99. The van der Waals surface area contributed by atoms with Crippen LogP contribution < -0.4 is 14.8 Å². The van der Waals surface area contributed by atoms with Gasteiger partial charge in [-0.25, -0.2) is 0 Å². The molecule has 0 N–H and O–H groups in total. The van der Waals surface area contributed by atoms with Gasteiger partial charge >= 0.3 is 0 Å². The summed E-state index contributed by atoms with van der Waals surface area (Å²) in [7, 11) is 0. The molecule has 0 unspecified atom stereocenters. The van der Waals surface area contributed by atoms with Gasteiger partial charge in [0.25, 0.3) is 5.56 Å². The van der Waals surface area contributed by atoms with E-state index in [1.807, 2.05) is 54.6 Å². The molecule has 2 aromatic heterocycles. The normalized spacial score (nSPS) is 12.3. The van der Waals surface area contributed by atoms with Gasteiger partial charge in [-0.15, -0.1) is 5.10 Å². The molecule has 0 aliphatic carbocycles. The zero-order valence-corrected chi connectivity index (χ0v) is 18.1. The van der Waals surface area contributed by atoms with E-state index in [0.717, 1.165) is 27.6 Å². The summed E-state index contributed by atoms with van der Waals surface area (Å²) in [6.07, 6.45) is 1.92. The average Bonchev–Trinajstić information content (AvgIpc) is 3.32. The van der Waals surface area contributed by atoms with Gasteiger partial charge in [-0.05, 0) is 52.6 Å². The fourth-order valence-corrected chi connectivity index (χ4v) is 4.34. The van der Waals surface area contributed by atoms with E-state index in [2.05, 4.69) is 42.1 Å². The van der Waals surface area contributed by atoms with Crippen LogP contribution in [0.4, 0.5) is 0 Å². The Balaban J connectivity index is 1.49. The van der Waals surface area contributed by atoms with Crippen molar-refractivity contribution in [3.05, 3.63) is 87.2 Å². The largest absolute Gasteiger partial charge is 0.493 e. The quantitative estimate of drug-likeness (QED) is 0.413. The molecule has 0 saturated carbocycles. The number of aromatic nitrogens is 3. The highest BCUT2D eigenvalue weighted by Crippen LogP contribution is 2.22. The summed E-state index contributed by atoms with van der Waals surface area (Å²) in [4.78, 5) is 18.1. The Morgan fingerprint density at radius 3 is 2.58 bits per heavy atom. The molecular formula is C25H21N3O2S. The van der Waals surface area contributed by atoms with Gasteiger partial charge < -0.3 is 4.74 Å². The topological polar surface area (TPSA) is 56.5 Å². The molecule has 0 aliphatic heterocycles.